The molecule has 5 nitrogen and oxygen atoms in total. The van der Waals surface area contributed by atoms with Crippen LogP contribution in [0.15, 0.2) is 23.1 Å². The maximum atomic E-state index is 12.6. The number of nitrogens with two attached hydrogens (primary N) is 1. The standard InChI is InChI=1S/C14H22ClN3O2S/c1-3-18-8-4-5-12(18)10-17(2)21(19,20)14-7-6-11(15)9-13(14)16/h6-7,9,12H,3-5,8,10,16H2,1-2H3. The Kier molecular flexibility index (Phi) is 5.14. The fraction of sp³-hybridized carbons (Fsp3) is 0.571. The Morgan fingerprint density at radius 3 is 2.81 bits per heavy atom. The summed E-state index contributed by atoms with van der Waals surface area (Å²) in [5.74, 6) is 0. The molecule has 0 bridgehead atoms. The van der Waals surface area contributed by atoms with Gasteiger partial charge < -0.3 is 5.73 Å². The van der Waals surface area contributed by atoms with E-state index in [2.05, 4.69) is 11.8 Å². The van der Waals surface area contributed by atoms with Gasteiger partial charge in [0.25, 0.3) is 0 Å². The Hall–Kier alpha value is -0.820. The number of halogens is 1. The summed E-state index contributed by atoms with van der Waals surface area (Å²) in [4.78, 5) is 2.44. The average Bonchev–Trinajstić information content (AvgIpc) is 2.85. The third-order valence-electron chi connectivity index (χ3n) is 4.03. The molecule has 2 rings (SSSR count). The van der Waals surface area contributed by atoms with E-state index in [1.165, 1.54) is 16.4 Å². The first-order valence-corrected chi connectivity index (χ1v) is 8.93. The zero-order chi connectivity index (χ0) is 15.6. The molecule has 118 valence electrons. The van der Waals surface area contributed by atoms with Crippen molar-refractivity contribution < 1.29 is 8.42 Å². The normalized spacial score (nSPS) is 20.3. The number of nitrogen functional groups attached to an aromatic ring is 1. The van der Waals surface area contributed by atoms with Crippen LogP contribution in [0.3, 0.4) is 0 Å². The van der Waals surface area contributed by atoms with Crippen LogP contribution in [0.1, 0.15) is 19.8 Å². The maximum absolute atomic E-state index is 12.6. The highest BCUT2D eigenvalue weighted by molar-refractivity contribution is 7.89. The van der Waals surface area contributed by atoms with Crippen LogP contribution >= 0.6 is 11.6 Å². The quantitative estimate of drug-likeness (QED) is 0.838. The van der Waals surface area contributed by atoms with Gasteiger partial charge in [-0.15, -0.1) is 0 Å². The van der Waals surface area contributed by atoms with E-state index in [9.17, 15) is 8.42 Å². The highest BCUT2D eigenvalue weighted by atomic mass is 35.5. The molecule has 1 saturated heterocycles. The van der Waals surface area contributed by atoms with Gasteiger partial charge in [0.05, 0.1) is 5.69 Å². The molecule has 0 spiro atoms. The number of likely N-dealkylation sites (tertiary alicyclic amines) is 1. The van der Waals surface area contributed by atoms with Gasteiger partial charge in [-0.05, 0) is 44.1 Å². The number of sulfonamides is 1. The summed E-state index contributed by atoms with van der Waals surface area (Å²) in [7, 11) is -1.98. The molecule has 7 heteroatoms. The monoisotopic (exact) mass is 331 g/mol. The van der Waals surface area contributed by atoms with E-state index in [-0.39, 0.29) is 16.6 Å². The molecule has 1 aliphatic heterocycles. The van der Waals surface area contributed by atoms with Crippen LogP contribution in [0.25, 0.3) is 0 Å². The van der Waals surface area contributed by atoms with Crippen molar-refractivity contribution in [3.05, 3.63) is 23.2 Å². The molecule has 0 aromatic heterocycles. The van der Waals surface area contributed by atoms with Gasteiger partial charge in [-0.25, -0.2) is 8.42 Å². The molecule has 0 saturated carbocycles. The fourth-order valence-corrected chi connectivity index (χ4v) is 4.32. The van der Waals surface area contributed by atoms with Gasteiger partial charge >= 0.3 is 0 Å². The molecular formula is C14H22ClN3O2S. The molecule has 0 radical (unpaired) electrons. The average molecular weight is 332 g/mol. The Bertz CT molecular complexity index is 606. The van der Waals surface area contributed by atoms with Gasteiger partial charge in [0.2, 0.25) is 10.0 Å². The topological polar surface area (TPSA) is 66.6 Å². The Morgan fingerprint density at radius 1 is 1.48 bits per heavy atom. The highest BCUT2D eigenvalue weighted by Crippen LogP contribution is 2.26. The van der Waals surface area contributed by atoms with Gasteiger partial charge in [-0.1, -0.05) is 18.5 Å². The summed E-state index contributed by atoms with van der Waals surface area (Å²) in [6.45, 7) is 4.57. The van der Waals surface area contributed by atoms with Gasteiger partial charge in [0.1, 0.15) is 4.90 Å². The van der Waals surface area contributed by atoms with E-state index >= 15 is 0 Å². The third-order valence-corrected chi connectivity index (χ3v) is 6.17. The van der Waals surface area contributed by atoms with E-state index in [4.69, 9.17) is 17.3 Å². The van der Waals surface area contributed by atoms with Crippen molar-refractivity contribution in [2.75, 3.05) is 32.4 Å². The number of nitrogens with zero attached hydrogens (tertiary/aromatic N) is 2. The van der Waals surface area contributed by atoms with Crippen molar-refractivity contribution in [1.29, 1.82) is 0 Å². The smallest absolute Gasteiger partial charge is 0.244 e. The van der Waals surface area contributed by atoms with Gasteiger partial charge in [-0.2, -0.15) is 4.31 Å². The predicted octanol–water partition coefficient (Wildman–Crippen LogP) is 2.03. The number of anilines is 1. The van der Waals surface area contributed by atoms with Crippen LogP contribution in [-0.2, 0) is 10.0 Å². The van der Waals surface area contributed by atoms with Crippen LogP contribution < -0.4 is 5.73 Å². The van der Waals surface area contributed by atoms with E-state index in [0.717, 1.165) is 25.9 Å². The van der Waals surface area contributed by atoms with Gasteiger partial charge in [0, 0.05) is 24.7 Å². The minimum Gasteiger partial charge on any atom is -0.398 e. The summed E-state index contributed by atoms with van der Waals surface area (Å²) >= 11 is 5.83. The van der Waals surface area contributed by atoms with E-state index in [0.29, 0.717) is 11.6 Å². The van der Waals surface area contributed by atoms with Crippen LogP contribution in [-0.4, -0.2) is 50.3 Å². The SMILES string of the molecule is CCN1CCCC1CN(C)S(=O)(=O)c1ccc(Cl)cc1N. The van der Waals surface area contributed by atoms with Crippen molar-refractivity contribution in [2.24, 2.45) is 0 Å². The highest BCUT2D eigenvalue weighted by Gasteiger charge is 2.30. The molecule has 21 heavy (non-hydrogen) atoms. The van der Waals surface area contributed by atoms with E-state index < -0.39 is 10.0 Å². The molecule has 2 N–H and O–H groups in total. The second-order valence-electron chi connectivity index (χ2n) is 5.39. The van der Waals surface area contributed by atoms with Gasteiger partial charge in [0.15, 0.2) is 0 Å². The van der Waals surface area contributed by atoms with Crippen LogP contribution in [0, 0.1) is 0 Å². The molecule has 1 unspecified atom stereocenters. The van der Waals surface area contributed by atoms with Crippen LogP contribution in [0.2, 0.25) is 5.02 Å². The molecule has 1 aliphatic rings. The second-order valence-corrected chi connectivity index (χ2v) is 7.84. The van der Waals surface area contributed by atoms with Crippen molar-refractivity contribution in [1.82, 2.24) is 9.21 Å². The summed E-state index contributed by atoms with van der Waals surface area (Å²) in [6, 6.07) is 4.77. The molecule has 1 fully saturated rings. The lowest BCUT2D eigenvalue weighted by atomic mass is 10.2. The summed E-state index contributed by atoms with van der Waals surface area (Å²) in [6.07, 6.45) is 2.15. The first-order valence-electron chi connectivity index (χ1n) is 7.11. The largest absolute Gasteiger partial charge is 0.398 e. The summed E-state index contributed by atoms with van der Waals surface area (Å²) in [5.41, 5.74) is 5.99. The molecule has 0 amide bonds. The molecule has 1 heterocycles. The van der Waals surface area contributed by atoms with E-state index in [1.54, 1.807) is 13.1 Å². The Balaban J connectivity index is 2.18. The lowest BCUT2D eigenvalue weighted by Crippen LogP contribution is -2.41. The third kappa shape index (κ3) is 3.51. The second kappa shape index (κ2) is 6.52. The predicted molar refractivity (Wildman–Crippen MR) is 85.9 cm³/mol. The lowest BCUT2D eigenvalue weighted by Gasteiger charge is -2.27. The van der Waals surface area contributed by atoms with Crippen molar-refractivity contribution in [3.63, 3.8) is 0 Å². The van der Waals surface area contributed by atoms with Crippen LogP contribution in [0.5, 0.6) is 0 Å². The molecule has 1 aromatic rings. The number of likely N-dealkylation sites (N-methyl/N-ethyl adjacent to an activating group) is 2. The van der Waals surface area contributed by atoms with E-state index in [1.807, 2.05) is 0 Å². The summed E-state index contributed by atoms with van der Waals surface area (Å²) < 4.78 is 26.7. The lowest BCUT2D eigenvalue weighted by molar-refractivity contribution is 0.238. The minimum atomic E-state index is -3.58. The number of benzene rings is 1. The zero-order valence-corrected chi connectivity index (χ0v) is 14.0. The van der Waals surface area contributed by atoms with Crippen molar-refractivity contribution in [2.45, 2.75) is 30.7 Å². The van der Waals surface area contributed by atoms with Crippen molar-refractivity contribution in [3.8, 4) is 0 Å². The Labute approximate surface area is 131 Å². The minimum absolute atomic E-state index is 0.121. The van der Waals surface area contributed by atoms with Gasteiger partial charge in [-0.3, -0.25) is 4.90 Å². The van der Waals surface area contributed by atoms with Crippen LogP contribution in [0.4, 0.5) is 5.69 Å². The molecule has 0 aliphatic carbocycles. The fourth-order valence-electron chi connectivity index (χ4n) is 2.84. The molecule has 1 aromatic carbocycles. The number of hydrogen-bond acceptors (Lipinski definition) is 4. The first kappa shape index (κ1) is 16.5. The first-order chi connectivity index (χ1) is 9.86. The van der Waals surface area contributed by atoms with Crippen molar-refractivity contribution >= 4 is 27.3 Å². The zero-order valence-electron chi connectivity index (χ0n) is 12.4. The molecule has 1 atom stereocenters. The maximum Gasteiger partial charge on any atom is 0.244 e. The number of hydrogen-bond donors (Lipinski definition) is 1. The Morgan fingerprint density at radius 2 is 2.19 bits per heavy atom. The summed E-state index contributed by atoms with van der Waals surface area (Å²) in [5, 5.41) is 0.432. The molecular weight excluding hydrogens is 310 g/mol. The number of rotatable bonds is 5.